The number of halogens is 1. The molecule has 1 atom stereocenters. The van der Waals surface area contributed by atoms with Crippen LogP contribution in [0.15, 0.2) is 48.5 Å². The smallest absolute Gasteiger partial charge is 0.325 e. The van der Waals surface area contributed by atoms with E-state index in [0.717, 1.165) is 18.8 Å². The van der Waals surface area contributed by atoms with Gasteiger partial charge in [-0.15, -0.1) is 0 Å². The van der Waals surface area contributed by atoms with Gasteiger partial charge >= 0.3 is 5.97 Å². The number of rotatable bonds is 4. The Bertz CT molecular complexity index is 712. The van der Waals surface area contributed by atoms with Gasteiger partial charge in [-0.25, -0.2) is 0 Å². The lowest BCUT2D eigenvalue weighted by Crippen LogP contribution is -2.49. The van der Waals surface area contributed by atoms with Crippen LogP contribution in [0.4, 0.5) is 5.69 Å². The van der Waals surface area contributed by atoms with E-state index in [2.05, 4.69) is 4.90 Å². The Morgan fingerprint density at radius 2 is 1.71 bits per heavy atom. The molecule has 0 aliphatic carbocycles. The zero-order chi connectivity index (χ0) is 17.1. The molecule has 0 aromatic heterocycles. The van der Waals surface area contributed by atoms with Crippen LogP contribution in [-0.2, 0) is 4.79 Å². The van der Waals surface area contributed by atoms with E-state index in [1.165, 1.54) is 0 Å². The van der Waals surface area contributed by atoms with Gasteiger partial charge in [0.05, 0.1) is 0 Å². The van der Waals surface area contributed by atoms with Gasteiger partial charge in [0.2, 0.25) is 0 Å². The first-order valence-corrected chi connectivity index (χ1v) is 8.19. The fourth-order valence-electron chi connectivity index (χ4n) is 3.09. The van der Waals surface area contributed by atoms with Crippen LogP contribution >= 0.6 is 11.6 Å². The monoisotopic (exact) mass is 346 g/mol. The van der Waals surface area contributed by atoms with Crippen molar-refractivity contribution in [3.63, 3.8) is 0 Å². The topological polar surface area (TPSA) is 64.0 Å². The summed E-state index contributed by atoms with van der Waals surface area (Å²) in [6.45, 7) is 2.75. The molecule has 2 N–H and O–H groups in total. The van der Waals surface area contributed by atoms with E-state index in [4.69, 9.17) is 11.6 Å². The molecule has 2 aromatic rings. The van der Waals surface area contributed by atoms with E-state index in [9.17, 15) is 15.0 Å². The van der Waals surface area contributed by atoms with E-state index in [1.54, 1.807) is 36.4 Å². The second-order valence-corrected chi connectivity index (χ2v) is 6.27. The molecule has 0 amide bonds. The Kier molecular flexibility index (Phi) is 4.92. The molecule has 3 rings (SSSR count). The first-order chi connectivity index (χ1) is 11.5. The summed E-state index contributed by atoms with van der Waals surface area (Å²) in [6, 6.07) is 13.4. The summed E-state index contributed by atoms with van der Waals surface area (Å²) in [4.78, 5) is 15.9. The van der Waals surface area contributed by atoms with Gasteiger partial charge in [-0.2, -0.15) is 0 Å². The third-order valence-electron chi connectivity index (χ3n) is 4.29. The molecule has 126 valence electrons. The third kappa shape index (κ3) is 3.63. The first-order valence-electron chi connectivity index (χ1n) is 7.81. The van der Waals surface area contributed by atoms with Crippen molar-refractivity contribution in [1.29, 1.82) is 0 Å². The number of phenolic OH excluding ortho intramolecular Hbond substituents is 1. The summed E-state index contributed by atoms with van der Waals surface area (Å²) in [6.07, 6.45) is 0. The normalized spacial score (nSPS) is 16.8. The number of hydrogen-bond acceptors (Lipinski definition) is 4. The molecule has 2 aromatic carbocycles. The van der Waals surface area contributed by atoms with Crippen LogP contribution in [0.2, 0.25) is 5.02 Å². The second kappa shape index (κ2) is 7.11. The maximum atomic E-state index is 11.8. The van der Waals surface area contributed by atoms with Crippen LogP contribution in [0, 0.1) is 0 Å². The molecule has 6 heteroatoms. The van der Waals surface area contributed by atoms with Gasteiger partial charge in [0.15, 0.2) is 0 Å². The van der Waals surface area contributed by atoms with E-state index in [0.29, 0.717) is 23.7 Å². The number of phenols is 1. The number of piperazine rings is 1. The number of benzene rings is 2. The summed E-state index contributed by atoms with van der Waals surface area (Å²) in [5, 5.41) is 19.6. The van der Waals surface area contributed by atoms with Gasteiger partial charge in [-0.3, -0.25) is 9.69 Å². The molecule has 1 unspecified atom stereocenters. The Balaban J connectivity index is 1.72. The van der Waals surface area contributed by atoms with Crippen LogP contribution < -0.4 is 4.90 Å². The fraction of sp³-hybridized carbons (Fsp3) is 0.278. The quantitative estimate of drug-likeness (QED) is 0.891. The molecule has 1 fully saturated rings. The van der Waals surface area contributed by atoms with Crippen molar-refractivity contribution in [2.75, 3.05) is 31.1 Å². The largest absolute Gasteiger partial charge is 0.508 e. The van der Waals surface area contributed by atoms with Gasteiger partial charge in [0.1, 0.15) is 11.8 Å². The molecular formula is C18H19ClN2O3. The molecule has 1 aliphatic rings. The minimum Gasteiger partial charge on any atom is -0.508 e. The minimum absolute atomic E-state index is 0.240. The maximum Gasteiger partial charge on any atom is 0.325 e. The third-order valence-corrected chi connectivity index (χ3v) is 4.53. The Morgan fingerprint density at radius 1 is 1.04 bits per heavy atom. The molecule has 1 saturated heterocycles. The van der Waals surface area contributed by atoms with Gasteiger partial charge in [0.25, 0.3) is 0 Å². The predicted molar refractivity (Wildman–Crippen MR) is 93.7 cm³/mol. The number of hydrogen-bond donors (Lipinski definition) is 2. The van der Waals surface area contributed by atoms with Crippen molar-refractivity contribution in [2.24, 2.45) is 0 Å². The first kappa shape index (κ1) is 16.6. The van der Waals surface area contributed by atoms with Crippen molar-refractivity contribution < 1.29 is 15.0 Å². The summed E-state index contributed by atoms with van der Waals surface area (Å²) in [5.74, 6) is -0.625. The van der Waals surface area contributed by atoms with E-state index < -0.39 is 12.0 Å². The number of nitrogens with zero attached hydrogens (tertiary/aromatic N) is 2. The number of aromatic hydroxyl groups is 1. The molecule has 1 aliphatic heterocycles. The van der Waals surface area contributed by atoms with Crippen molar-refractivity contribution in [2.45, 2.75) is 6.04 Å². The molecule has 0 radical (unpaired) electrons. The molecule has 24 heavy (non-hydrogen) atoms. The molecule has 1 heterocycles. The highest BCUT2D eigenvalue weighted by Gasteiger charge is 2.30. The molecule has 0 spiro atoms. The SMILES string of the molecule is O=C(O)C(c1cccc(Cl)c1)N1CCN(c2ccc(O)cc2)CC1. The summed E-state index contributed by atoms with van der Waals surface area (Å²) < 4.78 is 0. The Morgan fingerprint density at radius 3 is 2.29 bits per heavy atom. The van der Waals surface area contributed by atoms with Crippen LogP contribution in [0.25, 0.3) is 0 Å². The lowest BCUT2D eigenvalue weighted by atomic mass is 10.0. The number of carboxylic acids is 1. The van der Waals surface area contributed by atoms with Crippen molar-refractivity contribution in [3.05, 3.63) is 59.1 Å². The van der Waals surface area contributed by atoms with Crippen molar-refractivity contribution in [3.8, 4) is 5.75 Å². The highest BCUT2D eigenvalue weighted by molar-refractivity contribution is 6.30. The maximum absolute atomic E-state index is 11.8. The number of aliphatic carboxylic acids is 1. The Labute approximate surface area is 145 Å². The van der Waals surface area contributed by atoms with E-state index in [-0.39, 0.29) is 5.75 Å². The molecular weight excluding hydrogens is 328 g/mol. The fourth-order valence-corrected chi connectivity index (χ4v) is 3.29. The number of carbonyl (C=O) groups is 1. The molecule has 5 nitrogen and oxygen atoms in total. The standard InChI is InChI=1S/C18H19ClN2O3/c19-14-3-1-2-13(12-14)17(18(23)24)21-10-8-20(9-11-21)15-4-6-16(22)7-5-15/h1-7,12,17,22H,8-11H2,(H,23,24). The van der Waals surface area contributed by atoms with Gasteiger partial charge in [-0.05, 0) is 42.0 Å². The summed E-state index contributed by atoms with van der Waals surface area (Å²) in [7, 11) is 0. The van der Waals surface area contributed by atoms with Crippen LogP contribution in [-0.4, -0.2) is 47.3 Å². The van der Waals surface area contributed by atoms with Crippen LogP contribution in [0.5, 0.6) is 5.75 Å². The van der Waals surface area contributed by atoms with Gasteiger partial charge in [0, 0.05) is 36.9 Å². The van der Waals surface area contributed by atoms with Crippen molar-refractivity contribution >= 4 is 23.3 Å². The Hall–Kier alpha value is -2.24. The highest BCUT2D eigenvalue weighted by atomic mass is 35.5. The minimum atomic E-state index is -0.865. The number of carboxylic acid groups (broad SMARTS) is 1. The highest BCUT2D eigenvalue weighted by Crippen LogP contribution is 2.27. The van der Waals surface area contributed by atoms with Gasteiger partial charge in [-0.1, -0.05) is 23.7 Å². The zero-order valence-corrected chi connectivity index (χ0v) is 13.9. The average Bonchev–Trinajstić information content (AvgIpc) is 2.56. The van der Waals surface area contributed by atoms with E-state index >= 15 is 0 Å². The van der Waals surface area contributed by atoms with Crippen LogP contribution in [0.3, 0.4) is 0 Å². The summed E-state index contributed by atoms with van der Waals surface area (Å²) >= 11 is 6.01. The zero-order valence-electron chi connectivity index (χ0n) is 13.1. The second-order valence-electron chi connectivity index (χ2n) is 5.84. The van der Waals surface area contributed by atoms with Crippen molar-refractivity contribution in [1.82, 2.24) is 4.90 Å². The lowest BCUT2D eigenvalue weighted by Gasteiger charge is -2.39. The number of anilines is 1. The van der Waals surface area contributed by atoms with E-state index in [1.807, 2.05) is 17.0 Å². The van der Waals surface area contributed by atoms with Crippen LogP contribution in [0.1, 0.15) is 11.6 Å². The average molecular weight is 347 g/mol. The van der Waals surface area contributed by atoms with Gasteiger partial charge < -0.3 is 15.1 Å². The summed E-state index contributed by atoms with van der Waals surface area (Å²) in [5.41, 5.74) is 1.73. The molecule has 0 bridgehead atoms. The molecule has 0 saturated carbocycles. The predicted octanol–water partition coefficient (Wildman–Crippen LogP) is 2.99. The lowest BCUT2D eigenvalue weighted by molar-refractivity contribution is -0.143.